The minimum atomic E-state index is -2.71. The van der Waals surface area contributed by atoms with Crippen molar-refractivity contribution >= 4 is 129 Å². The second-order valence-corrected chi connectivity index (χ2v) is 29.2. The number of nitrogens with one attached hydrogen (secondary N) is 5. The highest BCUT2D eigenvalue weighted by molar-refractivity contribution is 7.41. The lowest BCUT2D eigenvalue weighted by Gasteiger charge is -2.48. The number of carbonyl (C=O) groups is 8. The number of hydrogen-bond donors (Lipinski definition) is 10. The molecule has 11 N–H and O–H groups in total. The highest BCUT2D eigenvalue weighted by atomic mass is 32.1. The number of rotatable bonds is 12. The summed E-state index contributed by atoms with van der Waals surface area (Å²) in [6.07, 6.45) is -7.63. The molecule has 102 heavy (non-hydrogen) atoms. The summed E-state index contributed by atoms with van der Waals surface area (Å²) in [5.74, 6) is -8.10. The molecule has 12 rings (SSSR count). The van der Waals surface area contributed by atoms with Gasteiger partial charge in [0.05, 0.1) is 48.8 Å². The number of fused-ring (bicyclic) bond motifs is 15. The number of ether oxygens (including phenoxy) is 6. The summed E-state index contributed by atoms with van der Waals surface area (Å²) in [7, 11) is 3.28. The third-order valence-electron chi connectivity index (χ3n) is 16.6. The molecule has 40 heteroatoms. The Labute approximate surface area is 598 Å². The average Bonchev–Trinajstić information content (AvgIpc) is 1.58. The topological polar surface area (TPSA) is 463 Å². The molecule has 0 aliphatic carbocycles. The van der Waals surface area contributed by atoms with Crippen molar-refractivity contribution in [3.63, 3.8) is 0 Å². The maximum Gasteiger partial charge on any atom is 0.394 e. The van der Waals surface area contributed by atoms with Gasteiger partial charge >= 0.3 is 20.5 Å². The molecule has 11 heterocycles. The molecular formula is C62H63N14O20PS5. The molecule has 1 aromatic carbocycles. The molecule has 1 fully saturated rings. The number of methoxy groups -OCH3 is 1. The largest absolute Gasteiger partial charge is 0.499 e. The third-order valence-corrected chi connectivity index (χ3v) is 21.8. The maximum absolute atomic E-state index is 15.2. The predicted octanol–water partition coefficient (Wildman–Crippen LogP) is 4.43. The van der Waals surface area contributed by atoms with Crippen molar-refractivity contribution in [2.75, 3.05) is 34.9 Å². The fourth-order valence-electron chi connectivity index (χ4n) is 11.9. The average molecular weight is 1520 g/mol. The highest BCUT2D eigenvalue weighted by Gasteiger charge is 2.50. The van der Waals surface area contributed by atoms with Crippen LogP contribution in [-0.2, 0) is 60.5 Å². The van der Waals surface area contributed by atoms with Crippen molar-refractivity contribution in [2.45, 2.75) is 108 Å². The molecule has 0 spiro atoms. The molecule has 8 aromatic rings. The zero-order valence-electron chi connectivity index (χ0n) is 54.9. The van der Waals surface area contributed by atoms with Crippen LogP contribution in [0.5, 0.6) is 5.75 Å². The van der Waals surface area contributed by atoms with Gasteiger partial charge in [0.2, 0.25) is 5.91 Å². The van der Waals surface area contributed by atoms with E-state index in [9.17, 15) is 39.5 Å². The van der Waals surface area contributed by atoms with Crippen LogP contribution in [0.3, 0.4) is 0 Å². The lowest BCUT2D eigenvalue weighted by Crippen LogP contribution is -2.62. The number of esters is 2. The molecular weight excluding hydrogens is 1450 g/mol. The van der Waals surface area contributed by atoms with Gasteiger partial charge in [0.15, 0.2) is 23.8 Å². The number of thiazole rings is 5. The minimum absolute atomic E-state index is 0.000705. The molecule has 11 unspecified atom stereocenters. The van der Waals surface area contributed by atoms with E-state index in [1.807, 2.05) is 0 Å². The third kappa shape index (κ3) is 14.6. The first-order chi connectivity index (χ1) is 48.6. The zero-order valence-corrected chi connectivity index (χ0v) is 59.9. The second-order valence-electron chi connectivity index (χ2n) is 23.8. The molecule has 536 valence electrons. The number of allylic oxidation sites excluding steroid dienone is 1. The zero-order chi connectivity index (χ0) is 72.9. The van der Waals surface area contributed by atoms with E-state index >= 15 is 19.2 Å². The van der Waals surface area contributed by atoms with Crippen LogP contribution >= 0.6 is 65.3 Å². The summed E-state index contributed by atoms with van der Waals surface area (Å²) in [5.41, 5.74) is 1.93. The molecule has 6 amide bonds. The number of benzene rings is 1. The van der Waals surface area contributed by atoms with Crippen LogP contribution in [-0.4, -0.2) is 191 Å². The number of carbonyl (C=O) groups excluding carboxylic acids is 8. The van der Waals surface area contributed by atoms with Gasteiger partial charge in [-0.25, -0.2) is 39.5 Å². The molecule has 0 saturated carbocycles. The number of aliphatic hydroxyl groups excluding tert-OH is 1. The molecule has 34 nitrogen and oxygen atoms in total. The summed E-state index contributed by atoms with van der Waals surface area (Å²) < 4.78 is 49.3. The first kappa shape index (κ1) is 72.6. The van der Waals surface area contributed by atoms with E-state index in [-0.39, 0.29) is 116 Å². The predicted molar refractivity (Wildman–Crippen MR) is 365 cm³/mol. The molecule has 0 radical (unpaired) electrons. The fraction of sp³-hybridized carbons (Fsp3) is 0.355. The quantitative estimate of drug-likeness (QED) is 0.0266. The van der Waals surface area contributed by atoms with Crippen molar-refractivity contribution in [2.24, 2.45) is 5.73 Å². The maximum atomic E-state index is 15.2. The number of aromatic nitrogens is 7. The number of hydrogen-bond acceptors (Lipinski definition) is 32. The summed E-state index contributed by atoms with van der Waals surface area (Å²) >= 11 is 4.42. The van der Waals surface area contributed by atoms with Gasteiger partial charge in [-0.15, -0.1) is 56.7 Å². The van der Waals surface area contributed by atoms with Gasteiger partial charge in [-0.05, 0) is 59.5 Å². The molecule has 12 bridgehead atoms. The smallest absolute Gasteiger partial charge is 0.394 e. The van der Waals surface area contributed by atoms with Gasteiger partial charge in [0.25, 0.3) is 29.5 Å². The number of primary amides is 1. The summed E-state index contributed by atoms with van der Waals surface area (Å²) in [6.45, 7) is 7.64. The van der Waals surface area contributed by atoms with Gasteiger partial charge < -0.3 is 95.0 Å². The Morgan fingerprint density at radius 1 is 0.863 bits per heavy atom. The molecule has 4 aliphatic rings. The number of nitrogens with zero attached hydrogens (tertiary/aromatic N) is 8. The van der Waals surface area contributed by atoms with Gasteiger partial charge in [-0.1, -0.05) is 18.7 Å². The molecule has 1 saturated heterocycles. The van der Waals surface area contributed by atoms with E-state index in [0.29, 0.717) is 4.73 Å². The number of cyclic esters (lactones) is 2. The lowest BCUT2D eigenvalue weighted by atomic mass is 9.85. The van der Waals surface area contributed by atoms with Crippen molar-refractivity contribution in [3.05, 3.63) is 124 Å². The highest BCUT2D eigenvalue weighted by Crippen LogP contribution is 2.46. The van der Waals surface area contributed by atoms with Crippen molar-refractivity contribution in [1.29, 1.82) is 0 Å². The first-order valence-corrected chi connectivity index (χ1v) is 36.1. The Hall–Kier alpha value is -9.19. The minimum Gasteiger partial charge on any atom is -0.499 e. The van der Waals surface area contributed by atoms with E-state index in [1.54, 1.807) is 45.0 Å². The Bertz CT molecular complexity index is 4710. The second kappa shape index (κ2) is 29.6. The van der Waals surface area contributed by atoms with Crippen LogP contribution in [0.4, 0.5) is 0 Å². The Kier molecular flexibility index (Phi) is 21.1. The van der Waals surface area contributed by atoms with Crippen molar-refractivity contribution in [3.8, 4) is 38.4 Å². The van der Waals surface area contributed by atoms with E-state index in [4.69, 9.17) is 58.2 Å². The van der Waals surface area contributed by atoms with Gasteiger partial charge in [0.1, 0.15) is 114 Å². The molecule has 11 atom stereocenters. The summed E-state index contributed by atoms with van der Waals surface area (Å²) in [4.78, 5) is 156. The fourth-order valence-corrected chi connectivity index (χ4v) is 16.5. The molecule has 7 aromatic heterocycles. The normalized spacial score (nSPS) is 23.8. The van der Waals surface area contributed by atoms with E-state index < -0.39 is 148 Å². The summed E-state index contributed by atoms with van der Waals surface area (Å²) in [6, 6.07) is 0.659. The van der Waals surface area contributed by atoms with Gasteiger partial charge in [-0.2, -0.15) is 4.73 Å². The summed E-state index contributed by atoms with van der Waals surface area (Å²) in [5, 5.41) is 55.7. The number of amides is 6. The number of pyridine rings is 1. The van der Waals surface area contributed by atoms with Crippen LogP contribution in [0.2, 0.25) is 0 Å². The number of likely N-dealkylation sites (N-methyl/N-ethyl adjacent to an activating group) is 1. The monoisotopic (exact) mass is 1510 g/mol. The van der Waals surface area contributed by atoms with Crippen molar-refractivity contribution < 1.29 is 96.1 Å². The van der Waals surface area contributed by atoms with E-state index in [0.717, 1.165) is 56.7 Å². The van der Waals surface area contributed by atoms with Gasteiger partial charge in [0, 0.05) is 56.9 Å². The van der Waals surface area contributed by atoms with Crippen molar-refractivity contribution in [1.82, 2.24) is 66.1 Å². The van der Waals surface area contributed by atoms with Crippen LogP contribution in [0.1, 0.15) is 125 Å². The van der Waals surface area contributed by atoms with Gasteiger partial charge in [-0.3, -0.25) is 28.8 Å². The van der Waals surface area contributed by atoms with Crippen LogP contribution < -0.4 is 36.8 Å². The Balaban J connectivity index is 1.06. The first-order valence-electron chi connectivity index (χ1n) is 30.6. The number of nitrogens with two attached hydrogens (primary N) is 1. The van der Waals surface area contributed by atoms with Crippen LogP contribution in [0.25, 0.3) is 49.3 Å². The Morgan fingerprint density at radius 2 is 1.53 bits per heavy atom. The molecule has 4 aliphatic heterocycles. The van der Waals surface area contributed by atoms with E-state index in [2.05, 4.69) is 48.1 Å². The van der Waals surface area contributed by atoms with Crippen LogP contribution in [0.15, 0.2) is 69.2 Å². The Morgan fingerprint density at radius 3 is 2.24 bits per heavy atom. The standard InChI is InChI=1S/C62H63N14O20PS5/c1-23(49(63)78)64-50(79)32-20-101-58(69-32)43-37(96-97(88)90-9)13-28-42(71-43)31-18-99-56(66-31)30-17-93-60(84)45-29-16-91-46(47(95-38-14-62(5,86)48(75(6)7)26(4)94-38)61(85)92-15-27-11-10-12-36(39(27)29)76(45)87)44(59-70-33(21-102-59)51(80)65-30)74-53(82)35-22-100-57(68-35)41(25(3)89-8)73-54(83)40(24(2)77)72-52(81)34-19-98-55(28)67-34/h10-13,18-22,24,26,30,38,40,44,46-48,77,86-88H,1,14-17H2,2-9H3,(H2,63,78)(H,64,79)(H,65,80)(H,72,81)(H,73,83)(H,74,82). The SMILES string of the molecule is C=C(NC(=O)c1csc(-c2nc3c(cc2OP(O)OC)-c2nc(cs2)C(=O)NC(C(C)O)C(=O)NC(=C(C)OC)c2nc(cs2)C(=O)NC2c4nc(cs4)C(=O)NC(COC(=O)c4c5c6c(cccc6n4O)COC(=O)C(OC4CC(C)(O)C(N(C)C)C(C)O4)C2OC5)c2nc-3cs2)n1)C(N)=O. The number of aliphatic hydroxyl groups is 2. The lowest BCUT2D eigenvalue weighted by molar-refractivity contribution is -0.280. The van der Waals surface area contributed by atoms with Crippen LogP contribution in [0, 0.1) is 0 Å². The van der Waals surface area contributed by atoms with E-state index in [1.165, 1.54) is 67.1 Å².